The fourth-order valence-corrected chi connectivity index (χ4v) is 1.82. The molecule has 0 saturated heterocycles. The quantitative estimate of drug-likeness (QED) is 0.761. The maximum absolute atomic E-state index is 11.9. The van der Waals surface area contributed by atoms with Gasteiger partial charge in [-0.15, -0.1) is 0 Å². The Kier molecular flexibility index (Phi) is 4.95. The van der Waals surface area contributed by atoms with E-state index in [0.29, 0.717) is 30.7 Å². The third-order valence-electron chi connectivity index (χ3n) is 2.89. The van der Waals surface area contributed by atoms with E-state index < -0.39 is 5.97 Å². The Hall–Kier alpha value is -1.78. The molecule has 0 fully saturated rings. The average Bonchev–Trinajstić information content (AvgIpc) is 2.52. The van der Waals surface area contributed by atoms with Crippen LogP contribution < -0.4 is 5.32 Å². The summed E-state index contributed by atoms with van der Waals surface area (Å²) >= 11 is 0. The molecule has 1 rings (SSSR count). The summed E-state index contributed by atoms with van der Waals surface area (Å²) in [6, 6.07) is 0. The van der Waals surface area contributed by atoms with Crippen molar-refractivity contribution >= 4 is 11.9 Å². The van der Waals surface area contributed by atoms with E-state index in [9.17, 15) is 9.59 Å². The highest BCUT2D eigenvalue weighted by atomic mass is 16.4. The summed E-state index contributed by atoms with van der Waals surface area (Å²) in [5, 5.41) is 11.3. The summed E-state index contributed by atoms with van der Waals surface area (Å²) in [6.07, 6.45) is 1.36. The van der Waals surface area contributed by atoms with Crippen molar-refractivity contribution < 1.29 is 19.1 Å². The normalized spacial score (nSPS) is 10.4. The van der Waals surface area contributed by atoms with Crippen molar-refractivity contribution in [1.82, 2.24) is 5.32 Å². The second kappa shape index (κ2) is 6.23. The number of aliphatic carboxylic acids is 1. The molecule has 0 aliphatic rings. The predicted octanol–water partition coefficient (Wildman–Crippen LogP) is 2.19. The zero-order chi connectivity index (χ0) is 13.7. The molecule has 100 valence electrons. The van der Waals surface area contributed by atoms with Gasteiger partial charge in [-0.1, -0.05) is 0 Å². The number of carboxylic acid groups (broad SMARTS) is 1. The first-order valence-corrected chi connectivity index (χ1v) is 6.00. The Labute approximate surface area is 106 Å². The maximum Gasteiger partial charge on any atom is 0.303 e. The first kappa shape index (κ1) is 14.3. The second-order valence-corrected chi connectivity index (χ2v) is 4.32. The number of hydrogen-bond donors (Lipinski definition) is 2. The summed E-state index contributed by atoms with van der Waals surface area (Å²) in [7, 11) is 0. The van der Waals surface area contributed by atoms with Gasteiger partial charge in [-0.05, 0) is 33.6 Å². The Morgan fingerprint density at radius 3 is 2.33 bits per heavy atom. The second-order valence-electron chi connectivity index (χ2n) is 4.32. The molecule has 5 nitrogen and oxygen atoms in total. The molecular weight excluding hydrogens is 234 g/mol. The van der Waals surface area contributed by atoms with Crippen LogP contribution in [-0.2, 0) is 4.79 Å². The summed E-state index contributed by atoms with van der Waals surface area (Å²) in [5.74, 6) is 0.409. The van der Waals surface area contributed by atoms with Crippen LogP contribution in [0.1, 0.15) is 46.7 Å². The van der Waals surface area contributed by atoms with Crippen LogP contribution in [-0.4, -0.2) is 23.5 Å². The van der Waals surface area contributed by atoms with Crippen LogP contribution in [0.5, 0.6) is 0 Å². The molecule has 5 heteroatoms. The molecule has 0 aromatic carbocycles. The number of carbonyl (C=O) groups excluding carboxylic acids is 1. The highest BCUT2D eigenvalue weighted by molar-refractivity contribution is 5.96. The molecule has 0 unspecified atom stereocenters. The van der Waals surface area contributed by atoms with Crippen molar-refractivity contribution in [3.8, 4) is 0 Å². The minimum absolute atomic E-state index is 0.138. The molecule has 1 amide bonds. The van der Waals surface area contributed by atoms with Gasteiger partial charge < -0.3 is 14.8 Å². The van der Waals surface area contributed by atoms with Crippen LogP contribution >= 0.6 is 0 Å². The van der Waals surface area contributed by atoms with Gasteiger partial charge >= 0.3 is 5.97 Å². The topological polar surface area (TPSA) is 79.5 Å². The lowest BCUT2D eigenvalue weighted by atomic mass is 10.1. The zero-order valence-electron chi connectivity index (χ0n) is 11.0. The van der Waals surface area contributed by atoms with Gasteiger partial charge in [0.15, 0.2) is 0 Å². The summed E-state index contributed by atoms with van der Waals surface area (Å²) in [5.41, 5.74) is 1.45. The van der Waals surface area contributed by atoms with Crippen LogP contribution in [0.3, 0.4) is 0 Å². The van der Waals surface area contributed by atoms with Crippen molar-refractivity contribution in [3.63, 3.8) is 0 Å². The lowest BCUT2D eigenvalue weighted by molar-refractivity contribution is -0.137. The van der Waals surface area contributed by atoms with E-state index in [1.165, 1.54) is 0 Å². The Morgan fingerprint density at radius 1 is 1.17 bits per heavy atom. The number of nitrogens with one attached hydrogen (secondary N) is 1. The highest BCUT2D eigenvalue weighted by Gasteiger charge is 2.17. The lowest BCUT2D eigenvalue weighted by Gasteiger charge is -2.04. The molecule has 2 N–H and O–H groups in total. The van der Waals surface area contributed by atoms with Gasteiger partial charge in [-0.2, -0.15) is 0 Å². The minimum atomic E-state index is -0.807. The van der Waals surface area contributed by atoms with Crippen molar-refractivity contribution in [2.45, 2.75) is 40.0 Å². The third kappa shape index (κ3) is 3.61. The zero-order valence-corrected chi connectivity index (χ0v) is 11.0. The van der Waals surface area contributed by atoms with Gasteiger partial charge in [-0.25, -0.2) is 0 Å². The Morgan fingerprint density at radius 2 is 1.83 bits per heavy atom. The summed E-state index contributed by atoms with van der Waals surface area (Å²) < 4.78 is 5.39. The molecule has 1 aromatic heterocycles. The fraction of sp³-hybridized carbons (Fsp3) is 0.538. The van der Waals surface area contributed by atoms with E-state index in [0.717, 1.165) is 11.3 Å². The van der Waals surface area contributed by atoms with Gasteiger partial charge in [0.25, 0.3) is 5.91 Å². The van der Waals surface area contributed by atoms with E-state index in [4.69, 9.17) is 9.52 Å². The van der Waals surface area contributed by atoms with Gasteiger partial charge in [0.1, 0.15) is 11.5 Å². The number of carbonyl (C=O) groups is 2. The molecule has 0 bridgehead atoms. The molecular formula is C13H19NO4. The highest BCUT2D eigenvalue weighted by Crippen LogP contribution is 2.20. The molecule has 1 aromatic rings. The SMILES string of the molecule is Cc1oc(C)c(C(=O)NCCCCC(=O)O)c1C. The Bertz CT molecular complexity index is 448. The monoisotopic (exact) mass is 253 g/mol. The van der Waals surface area contributed by atoms with E-state index in [2.05, 4.69) is 5.32 Å². The van der Waals surface area contributed by atoms with Crippen LogP contribution in [0.2, 0.25) is 0 Å². The summed E-state index contributed by atoms with van der Waals surface area (Å²) in [6.45, 7) is 5.92. The average molecular weight is 253 g/mol. The standard InChI is InChI=1S/C13H19NO4/c1-8-9(2)18-10(3)12(8)13(17)14-7-5-4-6-11(15)16/h4-7H2,1-3H3,(H,14,17)(H,15,16). The maximum atomic E-state index is 11.9. The van der Waals surface area contributed by atoms with Gasteiger partial charge in [-0.3, -0.25) is 9.59 Å². The van der Waals surface area contributed by atoms with Crippen molar-refractivity contribution in [2.24, 2.45) is 0 Å². The van der Waals surface area contributed by atoms with Gasteiger partial charge in [0, 0.05) is 18.5 Å². The van der Waals surface area contributed by atoms with Crippen LogP contribution in [0, 0.1) is 20.8 Å². The van der Waals surface area contributed by atoms with Crippen molar-refractivity contribution in [3.05, 3.63) is 22.6 Å². The number of furan rings is 1. The van der Waals surface area contributed by atoms with Crippen LogP contribution in [0.25, 0.3) is 0 Å². The van der Waals surface area contributed by atoms with E-state index in [1.54, 1.807) is 6.92 Å². The first-order chi connectivity index (χ1) is 8.43. The Balaban J connectivity index is 2.44. The van der Waals surface area contributed by atoms with Gasteiger partial charge in [0.05, 0.1) is 5.56 Å². The number of hydrogen-bond acceptors (Lipinski definition) is 3. The summed E-state index contributed by atoms with van der Waals surface area (Å²) in [4.78, 5) is 22.2. The van der Waals surface area contributed by atoms with Crippen LogP contribution in [0.15, 0.2) is 4.42 Å². The number of carboxylic acids is 1. The van der Waals surface area contributed by atoms with Crippen molar-refractivity contribution in [2.75, 3.05) is 6.54 Å². The minimum Gasteiger partial charge on any atom is -0.481 e. The van der Waals surface area contributed by atoms with Gasteiger partial charge in [0.2, 0.25) is 0 Å². The number of aryl methyl sites for hydroxylation is 2. The molecule has 18 heavy (non-hydrogen) atoms. The largest absolute Gasteiger partial charge is 0.481 e. The molecule has 0 aliphatic heterocycles. The fourth-order valence-electron chi connectivity index (χ4n) is 1.82. The smallest absolute Gasteiger partial charge is 0.303 e. The van der Waals surface area contributed by atoms with E-state index in [-0.39, 0.29) is 12.3 Å². The van der Waals surface area contributed by atoms with Crippen LogP contribution in [0.4, 0.5) is 0 Å². The molecule has 0 saturated carbocycles. The van der Waals surface area contributed by atoms with Crippen molar-refractivity contribution in [1.29, 1.82) is 0 Å². The molecule has 0 aliphatic carbocycles. The predicted molar refractivity (Wildman–Crippen MR) is 66.7 cm³/mol. The number of rotatable bonds is 6. The lowest BCUT2D eigenvalue weighted by Crippen LogP contribution is -2.25. The molecule has 0 atom stereocenters. The number of unbranched alkanes of at least 4 members (excludes halogenated alkanes) is 1. The third-order valence-corrected chi connectivity index (χ3v) is 2.89. The first-order valence-electron chi connectivity index (χ1n) is 6.00. The molecule has 0 radical (unpaired) electrons. The van der Waals surface area contributed by atoms with E-state index in [1.807, 2.05) is 13.8 Å². The number of amides is 1. The molecule has 1 heterocycles. The van der Waals surface area contributed by atoms with E-state index >= 15 is 0 Å². The molecule has 0 spiro atoms.